The Morgan fingerprint density at radius 3 is 2.62 bits per heavy atom. The summed E-state index contributed by atoms with van der Waals surface area (Å²) in [6, 6.07) is 4.88. The van der Waals surface area contributed by atoms with E-state index in [4.69, 9.17) is 5.73 Å². The molecule has 4 nitrogen and oxygen atoms in total. The number of Topliss-reactive ketones (excluding diaryl/α,β-unsaturated/α-hetero) is 1. The molecule has 1 aromatic rings. The number of hydrogen-bond donors (Lipinski definition) is 1. The van der Waals surface area contributed by atoms with Gasteiger partial charge in [0.2, 0.25) is 0 Å². The van der Waals surface area contributed by atoms with Crippen molar-refractivity contribution in [3.63, 3.8) is 0 Å². The number of esters is 1. The van der Waals surface area contributed by atoms with E-state index in [1.54, 1.807) is 18.2 Å². The van der Waals surface area contributed by atoms with Gasteiger partial charge < -0.3 is 10.5 Å². The van der Waals surface area contributed by atoms with E-state index in [1.165, 1.54) is 7.11 Å². The molecule has 1 aromatic carbocycles. The van der Waals surface area contributed by atoms with Crippen LogP contribution in [0, 0.1) is 0 Å². The first-order chi connectivity index (χ1) is 7.58. The van der Waals surface area contributed by atoms with Gasteiger partial charge in [-0.15, -0.1) is 0 Å². The number of nitrogens with two attached hydrogens (primary N) is 1. The molecule has 0 saturated carbocycles. The zero-order chi connectivity index (χ0) is 12.1. The highest BCUT2D eigenvalue weighted by molar-refractivity contribution is 9.09. The average molecular weight is 286 g/mol. The van der Waals surface area contributed by atoms with Crippen LogP contribution in [0.5, 0.6) is 0 Å². The summed E-state index contributed by atoms with van der Waals surface area (Å²) in [6.45, 7) is 0. The number of rotatable bonds is 4. The van der Waals surface area contributed by atoms with Crippen molar-refractivity contribution in [3.8, 4) is 0 Å². The topological polar surface area (TPSA) is 69.4 Å². The van der Waals surface area contributed by atoms with Crippen molar-refractivity contribution in [2.75, 3.05) is 18.2 Å². The number of carbonyl (C=O) groups excluding carboxylic acids is 2. The summed E-state index contributed by atoms with van der Waals surface area (Å²) in [4.78, 5) is 22.4. The minimum Gasteiger partial charge on any atom is -0.465 e. The molecule has 1 rings (SSSR count). The Labute approximate surface area is 102 Å². The molecule has 0 unspecified atom stereocenters. The molecule has 0 heterocycles. The second-order valence-electron chi connectivity index (χ2n) is 3.26. The molecule has 2 N–H and O–H groups in total. The molecule has 0 saturated heterocycles. The number of nitrogen functional groups attached to an aromatic ring is 1. The Balaban J connectivity index is 2.91. The Hall–Kier alpha value is -1.36. The third-order valence-electron chi connectivity index (χ3n) is 2.07. The summed E-state index contributed by atoms with van der Waals surface area (Å²) >= 11 is 3.08. The van der Waals surface area contributed by atoms with Crippen molar-refractivity contribution >= 4 is 33.4 Å². The molecular weight excluding hydrogens is 274 g/mol. The summed E-state index contributed by atoms with van der Waals surface area (Å²) in [5.74, 6) is -0.416. The molecule has 0 aliphatic carbocycles. The van der Waals surface area contributed by atoms with Crippen LogP contribution in [0.15, 0.2) is 18.2 Å². The number of halogens is 1. The number of ketones is 1. The van der Waals surface area contributed by atoms with Gasteiger partial charge in [-0.1, -0.05) is 22.0 Å². The first-order valence-electron chi connectivity index (χ1n) is 4.63. The molecule has 0 bridgehead atoms. The molecule has 0 amide bonds. The van der Waals surface area contributed by atoms with Crippen molar-refractivity contribution in [1.29, 1.82) is 0 Å². The highest BCUT2D eigenvalue weighted by Gasteiger charge is 2.11. The van der Waals surface area contributed by atoms with E-state index in [9.17, 15) is 9.59 Å². The molecule has 86 valence electrons. The van der Waals surface area contributed by atoms with Crippen molar-refractivity contribution < 1.29 is 14.3 Å². The van der Waals surface area contributed by atoms with Crippen LogP contribution in [-0.4, -0.2) is 24.2 Å². The molecular formula is C11H12BrNO3. The minimum absolute atomic E-state index is 0.0604. The van der Waals surface area contributed by atoms with Gasteiger partial charge in [0.15, 0.2) is 0 Å². The van der Waals surface area contributed by atoms with Crippen LogP contribution in [-0.2, 0) is 16.0 Å². The number of benzene rings is 1. The van der Waals surface area contributed by atoms with Crippen LogP contribution in [0.3, 0.4) is 0 Å². The van der Waals surface area contributed by atoms with Crippen molar-refractivity contribution in [1.82, 2.24) is 0 Å². The molecule has 0 atom stereocenters. The highest BCUT2D eigenvalue weighted by atomic mass is 79.9. The molecule has 5 heteroatoms. The van der Waals surface area contributed by atoms with Crippen LogP contribution in [0.1, 0.15) is 15.9 Å². The van der Waals surface area contributed by atoms with E-state index >= 15 is 0 Å². The second kappa shape index (κ2) is 5.65. The van der Waals surface area contributed by atoms with Crippen molar-refractivity contribution in [2.45, 2.75) is 6.42 Å². The van der Waals surface area contributed by atoms with Crippen LogP contribution in [0.25, 0.3) is 0 Å². The molecule has 0 aliphatic heterocycles. The van der Waals surface area contributed by atoms with Gasteiger partial charge in [-0.3, -0.25) is 4.79 Å². The standard InChI is InChI=1S/C11H12BrNO3/c1-16-11(15)9-3-2-7(5-10(9)13)4-8(14)6-12/h2-3,5H,4,6,13H2,1H3. The van der Waals surface area contributed by atoms with E-state index in [2.05, 4.69) is 20.7 Å². The number of hydrogen-bond acceptors (Lipinski definition) is 4. The number of alkyl halides is 1. The lowest BCUT2D eigenvalue weighted by molar-refractivity contribution is -0.115. The van der Waals surface area contributed by atoms with Gasteiger partial charge in [-0.25, -0.2) is 4.79 Å². The lowest BCUT2D eigenvalue weighted by atomic mass is 10.1. The first-order valence-corrected chi connectivity index (χ1v) is 5.75. The van der Waals surface area contributed by atoms with E-state index in [1.807, 2.05) is 0 Å². The largest absolute Gasteiger partial charge is 0.465 e. The Bertz CT molecular complexity index is 418. The van der Waals surface area contributed by atoms with Crippen LogP contribution in [0.4, 0.5) is 5.69 Å². The first kappa shape index (κ1) is 12.7. The predicted octanol–water partition coefficient (Wildman–Crippen LogP) is 1.56. The van der Waals surface area contributed by atoms with Gasteiger partial charge in [0.05, 0.1) is 18.0 Å². The zero-order valence-corrected chi connectivity index (χ0v) is 10.4. The fourth-order valence-corrected chi connectivity index (χ4v) is 1.49. The summed E-state index contributed by atoms with van der Waals surface area (Å²) < 4.78 is 4.57. The fourth-order valence-electron chi connectivity index (χ4n) is 1.29. The zero-order valence-electron chi connectivity index (χ0n) is 8.83. The number of carbonyl (C=O) groups is 2. The Morgan fingerprint density at radius 2 is 2.12 bits per heavy atom. The maximum atomic E-state index is 11.2. The second-order valence-corrected chi connectivity index (χ2v) is 3.82. The molecule has 16 heavy (non-hydrogen) atoms. The Morgan fingerprint density at radius 1 is 1.44 bits per heavy atom. The third-order valence-corrected chi connectivity index (χ3v) is 2.70. The van der Waals surface area contributed by atoms with Crippen LogP contribution >= 0.6 is 15.9 Å². The van der Waals surface area contributed by atoms with E-state index < -0.39 is 5.97 Å². The van der Waals surface area contributed by atoms with E-state index in [0.717, 1.165) is 5.56 Å². The normalized spacial score (nSPS) is 9.88. The lowest BCUT2D eigenvalue weighted by Gasteiger charge is -2.05. The SMILES string of the molecule is COC(=O)c1ccc(CC(=O)CBr)cc1N. The molecule has 0 radical (unpaired) electrons. The number of ether oxygens (including phenoxy) is 1. The van der Waals surface area contributed by atoms with Crippen LogP contribution < -0.4 is 5.73 Å². The van der Waals surface area contributed by atoms with Gasteiger partial charge in [-0.2, -0.15) is 0 Å². The van der Waals surface area contributed by atoms with Gasteiger partial charge in [-0.05, 0) is 17.7 Å². The lowest BCUT2D eigenvalue weighted by Crippen LogP contribution is -2.08. The summed E-state index contributed by atoms with van der Waals surface area (Å²) in [5, 5.41) is 0.311. The van der Waals surface area contributed by atoms with Crippen molar-refractivity contribution in [3.05, 3.63) is 29.3 Å². The number of methoxy groups -OCH3 is 1. The molecule has 0 aliphatic rings. The summed E-state index contributed by atoms with van der Waals surface area (Å²) in [6.07, 6.45) is 0.302. The van der Waals surface area contributed by atoms with Gasteiger partial charge in [0, 0.05) is 12.1 Å². The van der Waals surface area contributed by atoms with E-state index in [0.29, 0.717) is 23.0 Å². The predicted molar refractivity (Wildman–Crippen MR) is 64.7 cm³/mol. The molecule has 0 aromatic heterocycles. The van der Waals surface area contributed by atoms with Crippen LogP contribution in [0.2, 0.25) is 0 Å². The highest BCUT2D eigenvalue weighted by Crippen LogP contribution is 2.16. The summed E-state index contributed by atoms with van der Waals surface area (Å²) in [5.41, 5.74) is 7.12. The molecule has 0 fully saturated rings. The van der Waals surface area contributed by atoms with Crippen molar-refractivity contribution in [2.24, 2.45) is 0 Å². The monoisotopic (exact) mass is 285 g/mol. The quantitative estimate of drug-likeness (QED) is 0.518. The maximum absolute atomic E-state index is 11.2. The smallest absolute Gasteiger partial charge is 0.339 e. The fraction of sp³-hybridized carbons (Fsp3) is 0.273. The Kier molecular flexibility index (Phi) is 4.49. The van der Waals surface area contributed by atoms with Gasteiger partial charge in [0.1, 0.15) is 5.78 Å². The van der Waals surface area contributed by atoms with E-state index in [-0.39, 0.29) is 5.78 Å². The van der Waals surface area contributed by atoms with Gasteiger partial charge in [0.25, 0.3) is 0 Å². The summed E-state index contributed by atoms with van der Waals surface area (Å²) in [7, 11) is 1.30. The average Bonchev–Trinajstić information content (AvgIpc) is 2.28. The minimum atomic E-state index is -0.476. The number of anilines is 1. The van der Waals surface area contributed by atoms with Gasteiger partial charge >= 0.3 is 5.97 Å². The maximum Gasteiger partial charge on any atom is 0.339 e. The molecule has 0 spiro atoms. The third kappa shape index (κ3) is 3.06.